The summed E-state index contributed by atoms with van der Waals surface area (Å²) in [6.45, 7) is 0.0430. The molecule has 2 aromatic carbocycles. The minimum Gasteiger partial charge on any atom is -0.406 e. The van der Waals surface area contributed by atoms with E-state index >= 15 is 0 Å². The van der Waals surface area contributed by atoms with Gasteiger partial charge in [0.2, 0.25) is 10.0 Å². The Labute approximate surface area is 155 Å². The van der Waals surface area contributed by atoms with Crippen LogP contribution in [-0.4, -0.2) is 34.0 Å². The molecule has 0 radical (unpaired) electrons. The standard InChI is InChI=1S/C18H18F3NO4S/c1-25-17(10-13-4-2-3-5-14(13)11-17)12-22-27(23,24)16-8-6-15(7-9-16)26-18(19,20)21/h2-9,22H,10-12H2,1H3. The number of alkyl halides is 3. The third-order valence-electron chi connectivity index (χ3n) is 4.53. The van der Waals surface area contributed by atoms with Crippen LogP contribution in [0.1, 0.15) is 11.1 Å². The summed E-state index contributed by atoms with van der Waals surface area (Å²) in [5.74, 6) is -0.485. The van der Waals surface area contributed by atoms with Crippen molar-refractivity contribution in [2.24, 2.45) is 0 Å². The van der Waals surface area contributed by atoms with Crippen molar-refractivity contribution < 1.29 is 31.1 Å². The van der Waals surface area contributed by atoms with Crippen LogP contribution in [0, 0.1) is 0 Å². The van der Waals surface area contributed by atoms with E-state index in [-0.39, 0.29) is 11.4 Å². The summed E-state index contributed by atoms with van der Waals surface area (Å²) in [6.07, 6.45) is -3.69. The molecule has 0 aromatic heterocycles. The van der Waals surface area contributed by atoms with E-state index in [9.17, 15) is 21.6 Å². The number of rotatable bonds is 6. The Hall–Kier alpha value is -2.10. The number of sulfonamides is 1. The maximum Gasteiger partial charge on any atom is 0.573 e. The molecule has 0 atom stereocenters. The van der Waals surface area contributed by atoms with E-state index in [1.807, 2.05) is 24.3 Å². The number of halogens is 3. The van der Waals surface area contributed by atoms with Crippen LogP contribution >= 0.6 is 0 Å². The fraction of sp³-hybridized carbons (Fsp3) is 0.333. The molecule has 2 aromatic rings. The second-order valence-corrected chi connectivity index (χ2v) is 8.12. The molecule has 0 unspecified atom stereocenters. The molecular formula is C18H18F3NO4S. The molecule has 0 spiro atoms. The Bertz CT molecular complexity index is 886. The highest BCUT2D eigenvalue weighted by Gasteiger charge is 2.38. The summed E-state index contributed by atoms with van der Waals surface area (Å²) in [6, 6.07) is 11.8. The van der Waals surface area contributed by atoms with Crippen molar-refractivity contribution in [2.75, 3.05) is 13.7 Å². The van der Waals surface area contributed by atoms with Gasteiger partial charge in [-0.2, -0.15) is 0 Å². The van der Waals surface area contributed by atoms with Gasteiger partial charge in [-0.3, -0.25) is 0 Å². The first-order valence-corrected chi connectivity index (χ1v) is 9.58. The van der Waals surface area contributed by atoms with E-state index in [0.29, 0.717) is 12.8 Å². The van der Waals surface area contributed by atoms with Gasteiger partial charge in [0.15, 0.2) is 0 Å². The highest BCUT2D eigenvalue weighted by molar-refractivity contribution is 7.89. The third kappa shape index (κ3) is 4.60. The first kappa shape index (κ1) is 19.7. The Morgan fingerprint density at radius 1 is 1.04 bits per heavy atom. The van der Waals surface area contributed by atoms with Gasteiger partial charge in [0.25, 0.3) is 0 Å². The summed E-state index contributed by atoms with van der Waals surface area (Å²) in [5.41, 5.74) is 1.51. The van der Waals surface area contributed by atoms with E-state index in [1.165, 1.54) is 7.11 Å². The lowest BCUT2D eigenvalue weighted by atomic mass is 10.0. The summed E-state index contributed by atoms with van der Waals surface area (Å²) in [7, 11) is -2.38. The van der Waals surface area contributed by atoms with Gasteiger partial charge in [-0.15, -0.1) is 13.2 Å². The molecule has 5 nitrogen and oxygen atoms in total. The van der Waals surface area contributed by atoms with Crippen molar-refractivity contribution in [3.05, 3.63) is 59.7 Å². The van der Waals surface area contributed by atoms with Crippen LogP contribution < -0.4 is 9.46 Å². The van der Waals surface area contributed by atoms with Crippen molar-refractivity contribution in [3.8, 4) is 5.75 Å². The molecule has 0 amide bonds. The molecule has 9 heteroatoms. The second kappa shape index (κ2) is 7.14. The lowest BCUT2D eigenvalue weighted by Crippen LogP contribution is -2.45. The highest BCUT2D eigenvalue weighted by Crippen LogP contribution is 2.32. The number of nitrogens with one attached hydrogen (secondary N) is 1. The van der Waals surface area contributed by atoms with Gasteiger partial charge < -0.3 is 9.47 Å². The van der Waals surface area contributed by atoms with Crippen molar-refractivity contribution in [3.63, 3.8) is 0 Å². The van der Waals surface area contributed by atoms with Crippen LogP contribution in [0.3, 0.4) is 0 Å². The molecule has 146 valence electrons. The molecule has 0 fully saturated rings. The molecule has 0 heterocycles. The minimum atomic E-state index is -4.83. The fourth-order valence-corrected chi connectivity index (χ4v) is 4.25. The van der Waals surface area contributed by atoms with Crippen LogP contribution in [0.4, 0.5) is 13.2 Å². The maximum absolute atomic E-state index is 12.5. The molecule has 27 heavy (non-hydrogen) atoms. The molecule has 3 rings (SSSR count). The number of hydrogen-bond acceptors (Lipinski definition) is 4. The second-order valence-electron chi connectivity index (χ2n) is 6.35. The summed E-state index contributed by atoms with van der Waals surface area (Å²) >= 11 is 0. The zero-order valence-electron chi connectivity index (χ0n) is 14.4. The molecule has 1 aliphatic rings. The molecular weight excluding hydrogens is 383 g/mol. The zero-order valence-corrected chi connectivity index (χ0v) is 15.2. The number of fused-ring (bicyclic) bond motifs is 1. The summed E-state index contributed by atoms with van der Waals surface area (Å²) < 4.78 is 73.4. The Morgan fingerprint density at radius 2 is 1.59 bits per heavy atom. The number of benzene rings is 2. The number of methoxy groups -OCH3 is 1. The van der Waals surface area contributed by atoms with E-state index in [2.05, 4.69) is 9.46 Å². The van der Waals surface area contributed by atoms with Gasteiger partial charge in [-0.25, -0.2) is 13.1 Å². The average Bonchev–Trinajstić information content (AvgIpc) is 2.98. The van der Waals surface area contributed by atoms with Crippen LogP contribution in [0.2, 0.25) is 0 Å². The van der Waals surface area contributed by atoms with E-state index in [4.69, 9.17) is 4.74 Å². The zero-order chi connectivity index (χ0) is 19.7. The SMILES string of the molecule is COC1(CNS(=O)(=O)c2ccc(OC(F)(F)F)cc2)Cc2ccccc2C1. The lowest BCUT2D eigenvalue weighted by Gasteiger charge is -2.27. The predicted octanol–water partition coefficient (Wildman–Crippen LogP) is 3.05. The molecule has 1 N–H and O–H groups in total. The van der Waals surface area contributed by atoms with Gasteiger partial charge in [-0.05, 0) is 35.4 Å². The van der Waals surface area contributed by atoms with Gasteiger partial charge in [0.1, 0.15) is 5.75 Å². The van der Waals surface area contributed by atoms with Gasteiger partial charge in [0.05, 0.1) is 10.5 Å². The maximum atomic E-state index is 12.5. The number of ether oxygens (including phenoxy) is 2. The smallest absolute Gasteiger partial charge is 0.406 e. The van der Waals surface area contributed by atoms with Crippen LogP contribution in [-0.2, 0) is 27.6 Å². The molecule has 0 saturated heterocycles. The topological polar surface area (TPSA) is 64.6 Å². The minimum absolute atomic E-state index is 0.0430. The van der Waals surface area contributed by atoms with Crippen molar-refractivity contribution in [2.45, 2.75) is 29.7 Å². The molecule has 0 bridgehead atoms. The monoisotopic (exact) mass is 401 g/mol. The van der Waals surface area contributed by atoms with E-state index in [0.717, 1.165) is 35.4 Å². The molecule has 1 aliphatic carbocycles. The number of hydrogen-bond donors (Lipinski definition) is 1. The van der Waals surface area contributed by atoms with Crippen LogP contribution in [0.15, 0.2) is 53.4 Å². The fourth-order valence-electron chi connectivity index (χ4n) is 3.13. The Kier molecular flexibility index (Phi) is 5.20. The van der Waals surface area contributed by atoms with Crippen molar-refractivity contribution in [1.29, 1.82) is 0 Å². The summed E-state index contributed by atoms with van der Waals surface area (Å²) in [4.78, 5) is -0.154. The first-order chi connectivity index (χ1) is 12.6. The largest absolute Gasteiger partial charge is 0.573 e. The third-order valence-corrected chi connectivity index (χ3v) is 5.95. The van der Waals surface area contributed by atoms with Crippen LogP contribution in [0.5, 0.6) is 5.75 Å². The predicted molar refractivity (Wildman–Crippen MR) is 91.9 cm³/mol. The normalized spacial score (nSPS) is 16.1. The van der Waals surface area contributed by atoms with E-state index < -0.39 is 27.7 Å². The van der Waals surface area contributed by atoms with Crippen LogP contribution in [0.25, 0.3) is 0 Å². The van der Waals surface area contributed by atoms with Gasteiger partial charge in [-0.1, -0.05) is 24.3 Å². The average molecular weight is 401 g/mol. The van der Waals surface area contributed by atoms with Crippen molar-refractivity contribution >= 4 is 10.0 Å². The molecule has 0 aliphatic heterocycles. The Morgan fingerprint density at radius 3 is 2.07 bits per heavy atom. The quantitative estimate of drug-likeness (QED) is 0.808. The van der Waals surface area contributed by atoms with E-state index in [1.54, 1.807) is 0 Å². The van der Waals surface area contributed by atoms with Crippen molar-refractivity contribution in [1.82, 2.24) is 4.72 Å². The summed E-state index contributed by atoms with van der Waals surface area (Å²) in [5, 5.41) is 0. The van der Waals surface area contributed by atoms with Gasteiger partial charge in [0, 0.05) is 26.5 Å². The highest BCUT2D eigenvalue weighted by atomic mass is 32.2. The first-order valence-electron chi connectivity index (χ1n) is 8.10. The molecule has 0 saturated carbocycles. The van der Waals surface area contributed by atoms with Gasteiger partial charge >= 0.3 is 6.36 Å². The Balaban J connectivity index is 1.70. The lowest BCUT2D eigenvalue weighted by molar-refractivity contribution is -0.274.